The van der Waals surface area contributed by atoms with Gasteiger partial charge in [0.15, 0.2) is 0 Å². The molecule has 2 aliphatic rings. The van der Waals surface area contributed by atoms with Crippen molar-refractivity contribution in [2.24, 2.45) is 0 Å². The Balaban J connectivity index is 1.85. The van der Waals surface area contributed by atoms with Gasteiger partial charge < -0.3 is 4.74 Å². The van der Waals surface area contributed by atoms with Crippen LogP contribution in [0.1, 0.15) is 37.8 Å². The smallest absolute Gasteiger partial charge is 0.0920 e. The van der Waals surface area contributed by atoms with Crippen LogP contribution in [0.4, 0.5) is 0 Å². The molecule has 2 aromatic rings. The Bertz CT molecular complexity index is 697. The van der Waals surface area contributed by atoms with Crippen molar-refractivity contribution in [3.8, 4) is 11.3 Å². The van der Waals surface area contributed by atoms with Gasteiger partial charge in [0.1, 0.15) is 0 Å². The second-order valence-corrected chi connectivity index (χ2v) is 7.10. The second-order valence-electron chi connectivity index (χ2n) is 6.19. The van der Waals surface area contributed by atoms with Crippen LogP contribution in [0.2, 0.25) is 0 Å². The highest BCUT2D eigenvalue weighted by atomic mass is 79.9. The van der Waals surface area contributed by atoms with Gasteiger partial charge in [0.25, 0.3) is 0 Å². The van der Waals surface area contributed by atoms with E-state index in [1.54, 1.807) is 0 Å². The first-order chi connectivity index (χ1) is 9.50. The Morgan fingerprint density at radius 2 is 1.80 bits per heavy atom. The fraction of sp³-hybridized carbons (Fsp3) is 0.353. The predicted molar refractivity (Wildman–Crippen MR) is 82.4 cm³/mol. The van der Waals surface area contributed by atoms with Crippen LogP contribution < -0.4 is 0 Å². The molecule has 0 amide bonds. The van der Waals surface area contributed by atoms with Gasteiger partial charge in [0.05, 0.1) is 16.9 Å². The number of nitrogens with zero attached hydrogens (tertiary/aromatic N) is 1. The molecule has 4 rings (SSSR count). The minimum absolute atomic E-state index is 0.0875. The lowest BCUT2D eigenvalue weighted by molar-refractivity contribution is -0.0662. The summed E-state index contributed by atoms with van der Waals surface area (Å²) in [5.41, 5.74) is 4.66. The Morgan fingerprint density at radius 3 is 2.50 bits per heavy atom. The summed E-state index contributed by atoms with van der Waals surface area (Å²) < 4.78 is 7.30. The normalized spacial score (nSPS) is 30.6. The second kappa shape index (κ2) is 3.92. The first-order valence-corrected chi connectivity index (χ1v) is 7.77. The van der Waals surface area contributed by atoms with Crippen LogP contribution in [0.3, 0.4) is 0 Å². The zero-order valence-corrected chi connectivity index (χ0v) is 13.2. The molecule has 1 aromatic heterocycles. The van der Waals surface area contributed by atoms with Gasteiger partial charge in [-0.15, -0.1) is 0 Å². The highest BCUT2D eigenvalue weighted by Gasteiger charge is 2.54. The largest absolute Gasteiger partial charge is 0.360 e. The molecule has 1 fully saturated rings. The van der Waals surface area contributed by atoms with Gasteiger partial charge in [0, 0.05) is 16.2 Å². The molecule has 0 saturated carbocycles. The number of aromatic nitrogens is 1. The molecule has 0 unspecified atom stereocenters. The summed E-state index contributed by atoms with van der Waals surface area (Å²) in [7, 11) is 0. The average molecular weight is 330 g/mol. The van der Waals surface area contributed by atoms with Gasteiger partial charge in [0.2, 0.25) is 0 Å². The van der Waals surface area contributed by atoms with Crippen molar-refractivity contribution >= 4 is 15.9 Å². The van der Waals surface area contributed by atoms with Crippen LogP contribution in [0.5, 0.6) is 0 Å². The van der Waals surface area contributed by atoms with Crippen molar-refractivity contribution in [3.63, 3.8) is 0 Å². The SMILES string of the molecule is C[C@]12CC[C@](C)(O1)c1ccc(-c3ccc(Br)cn3)cc12. The first-order valence-electron chi connectivity index (χ1n) is 6.97. The highest BCUT2D eigenvalue weighted by Crippen LogP contribution is 2.58. The van der Waals surface area contributed by atoms with E-state index in [0.29, 0.717) is 0 Å². The molecule has 0 spiro atoms. The summed E-state index contributed by atoms with van der Waals surface area (Å²) in [5.74, 6) is 0. The van der Waals surface area contributed by atoms with E-state index in [1.165, 1.54) is 11.1 Å². The number of ether oxygens (including phenoxy) is 1. The van der Waals surface area contributed by atoms with E-state index >= 15 is 0 Å². The van der Waals surface area contributed by atoms with Crippen LogP contribution in [-0.2, 0) is 15.9 Å². The van der Waals surface area contributed by atoms with Gasteiger partial charge in [-0.25, -0.2) is 0 Å². The number of fused-ring (bicyclic) bond motifs is 5. The molecule has 2 bridgehead atoms. The number of pyridine rings is 1. The Labute approximate surface area is 127 Å². The van der Waals surface area contributed by atoms with Crippen LogP contribution in [0.15, 0.2) is 41.0 Å². The topological polar surface area (TPSA) is 22.1 Å². The third-order valence-electron chi connectivity index (χ3n) is 4.71. The molecule has 2 nitrogen and oxygen atoms in total. The molecular formula is C17H16BrNO. The van der Waals surface area contributed by atoms with Crippen LogP contribution in [-0.4, -0.2) is 4.98 Å². The van der Waals surface area contributed by atoms with E-state index in [1.807, 2.05) is 18.3 Å². The highest BCUT2D eigenvalue weighted by molar-refractivity contribution is 9.10. The van der Waals surface area contributed by atoms with Crippen molar-refractivity contribution in [1.82, 2.24) is 4.98 Å². The molecule has 2 atom stereocenters. The number of rotatable bonds is 1. The molecule has 2 aliphatic heterocycles. The summed E-state index contributed by atoms with van der Waals surface area (Å²) in [4.78, 5) is 4.49. The predicted octanol–water partition coefficient (Wildman–Crippen LogP) is 4.77. The number of benzene rings is 1. The van der Waals surface area contributed by atoms with Crippen LogP contribution in [0.25, 0.3) is 11.3 Å². The lowest BCUT2D eigenvalue weighted by Crippen LogP contribution is -2.17. The van der Waals surface area contributed by atoms with E-state index in [4.69, 9.17) is 4.74 Å². The summed E-state index contributed by atoms with van der Waals surface area (Å²) >= 11 is 3.43. The maximum atomic E-state index is 6.30. The third-order valence-corrected chi connectivity index (χ3v) is 5.18. The van der Waals surface area contributed by atoms with Gasteiger partial charge >= 0.3 is 0 Å². The van der Waals surface area contributed by atoms with Gasteiger partial charge in [-0.1, -0.05) is 12.1 Å². The zero-order chi connectivity index (χ0) is 14.0. The quantitative estimate of drug-likeness (QED) is 0.752. The van der Waals surface area contributed by atoms with Crippen molar-refractivity contribution in [3.05, 3.63) is 52.1 Å². The molecule has 0 radical (unpaired) electrons. The minimum Gasteiger partial charge on any atom is -0.360 e. The molecule has 1 saturated heterocycles. The van der Waals surface area contributed by atoms with Gasteiger partial charge in [-0.3, -0.25) is 4.98 Å². The molecule has 0 N–H and O–H groups in total. The monoisotopic (exact) mass is 329 g/mol. The maximum absolute atomic E-state index is 6.30. The summed E-state index contributed by atoms with van der Waals surface area (Å²) in [6.45, 7) is 4.42. The Hall–Kier alpha value is -1.19. The van der Waals surface area contributed by atoms with Gasteiger partial charge in [-0.2, -0.15) is 0 Å². The standard InChI is InChI=1S/C17H16BrNO/c1-16-7-8-17(2,20-16)14-9-11(3-5-13(14)16)15-6-4-12(18)10-19-15/h3-6,9-10H,7-8H2,1-2H3/t16-,17+/m0/s1. The molecule has 3 heteroatoms. The Kier molecular flexibility index (Phi) is 2.46. The fourth-order valence-electron chi connectivity index (χ4n) is 3.60. The third kappa shape index (κ3) is 1.63. The number of halogens is 1. The number of hydrogen-bond acceptors (Lipinski definition) is 2. The first kappa shape index (κ1) is 12.5. The average Bonchev–Trinajstić information content (AvgIpc) is 2.87. The van der Waals surface area contributed by atoms with Gasteiger partial charge in [-0.05, 0) is 71.9 Å². The molecule has 0 aliphatic carbocycles. The van der Waals surface area contributed by atoms with E-state index in [9.17, 15) is 0 Å². The van der Waals surface area contributed by atoms with Crippen LogP contribution >= 0.6 is 15.9 Å². The molecule has 20 heavy (non-hydrogen) atoms. The molecule has 102 valence electrons. The minimum atomic E-state index is -0.116. The molecular weight excluding hydrogens is 314 g/mol. The Morgan fingerprint density at radius 1 is 1.05 bits per heavy atom. The number of hydrogen-bond donors (Lipinski definition) is 0. The van der Waals surface area contributed by atoms with E-state index in [-0.39, 0.29) is 11.2 Å². The summed E-state index contributed by atoms with van der Waals surface area (Å²) in [6, 6.07) is 10.7. The van der Waals surface area contributed by atoms with E-state index in [0.717, 1.165) is 28.6 Å². The van der Waals surface area contributed by atoms with Crippen molar-refractivity contribution in [2.45, 2.75) is 37.9 Å². The molecule has 3 heterocycles. The lowest BCUT2D eigenvalue weighted by atomic mass is 9.77. The lowest BCUT2D eigenvalue weighted by Gasteiger charge is -2.23. The summed E-state index contributed by atoms with van der Waals surface area (Å²) in [5, 5.41) is 0. The van der Waals surface area contributed by atoms with Crippen LogP contribution in [0, 0.1) is 0 Å². The van der Waals surface area contributed by atoms with E-state index in [2.05, 4.69) is 53.0 Å². The van der Waals surface area contributed by atoms with Crippen molar-refractivity contribution in [2.75, 3.05) is 0 Å². The maximum Gasteiger partial charge on any atom is 0.0920 e. The zero-order valence-electron chi connectivity index (χ0n) is 11.6. The summed E-state index contributed by atoms with van der Waals surface area (Å²) in [6.07, 6.45) is 4.06. The van der Waals surface area contributed by atoms with Crippen molar-refractivity contribution < 1.29 is 4.74 Å². The fourth-order valence-corrected chi connectivity index (χ4v) is 3.84. The van der Waals surface area contributed by atoms with Crippen molar-refractivity contribution in [1.29, 1.82) is 0 Å². The van der Waals surface area contributed by atoms with E-state index < -0.39 is 0 Å². The molecule has 1 aromatic carbocycles.